The largest absolute Gasteiger partial charge is 0.494 e. The number of halogens is 1. The first kappa shape index (κ1) is 20.7. The number of amides is 1. The van der Waals surface area contributed by atoms with Gasteiger partial charge in [0.2, 0.25) is 5.91 Å². The zero-order valence-corrected chi connectivity index (χ0v) is 16.7. The Morgan fingerprint density at radius 3 is 2.52 bits per heavy atom. The molecular weight excluding hydrogens is 397 g/mol. The number of carbonyl (C=O) groups excluding carboxylic acids is 1. The van der Waals surface area contributed by atoms with Crippen molar-refractivity contribution in [2.75, 3.05) is 17.7 Å². The first-order chi connectivity index (χ1) is 14.0. The number of rotatable bonds is 9. The van der Waals surface area contributed by atoms with Crippen LogP contribution in [0.15, 0.2) is 58.2 Å². The van der Waals surface area contributed by atoms with Gasteiger partial charge in [-0.2, -0.15) is 0 Å². The van der Waals surface area contributed by atoms with E-state index < -0.39 is 6.10 Å². The first-order valence-corrected chi connectivity index (χ1v) is 9.93. The summed E-state index contributed by atoms with van der Waals surface area (Å²) in [6.07, 6.45) is -0.514. The number of aromatic nitrogens is 2. The molecule has 0 spiro atoms. The molecule has 9 heteroatoms. The van der Waals surface area contributed by atoms with Crippen molar-refractivity contribution in [3.05, 3.63) is 60.2 Å². The van der Waals surface area contributed by atoms with Crippen LogP contribution in [0.25, 0.3) is 0 Å². The van der Waals surface area contributed by atoms with Crippen molar-refractivity contribution in [2.45, 2.75) is 25.2 Å². The van der Waals surface area contributed by atoms with Crippen molar-refractivity contribution in [2.24, 2.45) is 0 Å². The van der Waals surface area contributed by atoms with Gasteiger partial charge in [-0.3, -0.25) is 4.79 Å². The molecule has 3 rings (SSSR count). The van der Waals surface area contributed by atoms with E-state index in [4.69, 9.17) is 13.9 Å². The number of benzene rings is 2. The van der Waals surface area contributed by atoms with Gasteiger partial charge in [-0.1, -0.05) is 11.8 Å². The molecule has 2 aromatic carbocycles. The number of ether oxygens (including phenoxy) is 2. The van der Waals surface area contributed by atoms with Gasteiger partial charge >= 0.3 is 0 Å². The summed E-state index contributed by atoms with van der Waals surface area (Å²) >= 11 is 1.12. The summed E-state index contributed by atoms with van der Waals surface area (Å²) < 4.78 is 29.5. The van der Waals surface area contributed by atoms with Crippen LogP contribution in [0.1, 0.15) is 25.8 Å². The van der Waals surface area contributed by atoms with Crippen LogP contribution < -0.4 is 14.8 Å². The normalized spacial score (nSPS) is 11.7. The van der Waals surface area contributed by atoms with Gasteiger partial charge in [-0.15, -0.1) is 10.2 Å². The first-order valence-electron chi connectivity index (χ1n) is 8.94. The third-order valence-corrected chi connectivity index (χ3v) is 4.49. The predicted octanol–water partition coefficient (Wildman–Crippen LogP) is 4.48. The minimum Gasteiger partial charge on any atom is -0.494 e. The van der Waals surface area contributed by atoms with E-state index >= 15 is 0 Å². The van der Waals surface area contributed by atoms with Crippen LogP contribution in [0.5, 0.6) is 11.5 Å². The molecule has 3 aromatic rings. The van der Waals surface area contributed by atoms with Gasteiger partial charge in [-0.25, -0.2) is 4.39 Å². The van der Waals surface area contributed by atoms with Crippen molar-refractivity contribution in [3.8, 4) is 11.5 Å². The molecule has 1 atom stereocenters. The van der Waals surface area contributed by atoms with Crippen LogP contribution in [-0.4, -0.2) is 28.5 Å². The molecule has 0 bridgehead atoms. The second kappa shape index (κ2) is 9.92. The van der Waals surface area contributed by atoms with Gasteiger partial charge in [0, 0.05) is 5.69 Å². The minimum absolute atomic E-state index is 0.113. The Hall–Kier alpha value is -3.07. The smallest absolute Gasteiger partial charge is 0.277 e. The molecule has 1 N–H and O–H groups in total. The second-order valence-electron chi connectivity index (χ2n) is 5.91. The summed E-state index contributed by atoms with van der Waals surface area (Å²) in [5.74, 6) is 1.07. The van der Waals surface area contributed by atoms with Crippen LogP contribution >= 0.6 is 11.8 Å². The lowest BCUT2D eigenvalue weighted by Gasteiger charge is -2.10. The van der Waals surface area contributed by atoms with Crippen LogP contribution in [-0.2, 0) is 4.79 Å². The number of nitrogens with zero attached hydrogens (tertiary/aromatic N) is 2. The average Bonchev–Trinajstić information content (AvgIpc) is 3.19. The number of hydrogen-bond donors (Lipinski definition) is 1. The topological polar surface area (TPSA) is 86.5 Å². The Morgan fingerprint density at radius 2 is 1.83 bits per heavy atom. The highest BCUT2D eigenvalue weighted by molar-refractivity contribution is 7.99. The number of nitrogens with one attached hydrogen (secondary N) is 1. The number of anilines is 1. The van der Waals surface area contributed by atoms with Crippen molar-refractivity contribution in [1.29, 1.82) is 0 Å². The summed E-state index contributed by atoms with van der Waals surface area (Å²) in [6.45, 7) is 4.23. The second-order valence-corrected chi connectivity index (χ2v) is 6.84. The molecule has 7 nitrogen and oxygen atoms in total. The third kappa shape index (κ3) is 6.21. The molecule has 0 saturated heterocycles. The minimum atomic E-state index is -0.514. The van der Waals surface area contributed by atoms with Gasteiger partial charge in [0.15, 0.2) is 6.10 Å². The maximum Gasteiger partial charge on any atom is 0.277 e. The van der Waals surface area contributed by atoms with Crippen LogP contribution in [0, 0.1) is 5.82 Å². The Balaban J connectivity index is 1.48. The molecular formula is C20H20FN3O4S. The zero-order chi connectivity index (χ0) is 20.6. The van der Waals surface area contributed by atoms with Crippen molar-refractivity contribution < 1.29 is 23.1 Å². The van der Waals surface area contributed by atoms with E-state index in [1.165, 1.54) is 24.3 Å². The maximum absolute atomic E-state index is 12.9. The highest BCUT2D eigenvalue weighted by Gasteiger charge is 2.17. The quantitative estimate of drug-likeness (QED) is 0.514. The molecule has 0 radical (unpaired) electrons. The standard InChI is InChI=1S/C20H20FN3O4S/c1-3-26-16-10-6-15(7-11-16)22-18(25)12-29-20-24-23-19(28-20)13(2)27-17-8-4-14(21)5-9-17/h4-11,13H,3,12H2,1-2H3,(H,22,25)/t13-/m1/s1. The number of hydrogen-bond acceptors (Lipinski definition) is 7. The zero-order valence-electron chi connectivity index (χ0n) is 15.9. The van der Waals surface area contributed by atoms with Gasteiger partial charge in [-0.05, 0) is 62.4 Å². The Morgan fingerprint density at radius 1 is 1.14 bits per heavy atom. The molecule has 0 aliphatic carbocycles. The van der Waals surface area contributed by atoms with Crippen LogP contribution in [0.2, 0.25) is 0 Å². The van der Waals surface area contributed by atoms with E-state index in [0.29, 0.717) is 18.0 Å². The molecule has 1 aromatic heterocycles. The molecule has 152 valence electrons. The van der Waals surface area contributed by atoms with Gasteiger partial charge in [0.25, 0.3) is 11.1 Å². The third-order valence-electron chi connectivity index (χ3n) is 3.67. The fourth-order valence-electron chi connectivity index (χ4n) is 2.34. The van der Waals surface area contributed by atoms with E-state index in [-0.39, 0.29) is 28.6 Å². The molecule has 29 heavy (non-hydrogen) atoms. The van der Waals surface area contributed by atoms with E-state index in [2.05, 4.69) is 15.5 Å². The highest BCUT2D eigenvalue weighted by Crippen LogP contribution is 2.24. The van der Waals surface area contributed by atoms with Crippen molar-refractivity contribution >= 4 is 23.4 Å². The molecule has 0 saturated carbocycles. The molecule has 1 amide bonds. The number of thioether (sulfide) groups is 1. The fourth-order valence-corrected chi connectivity index (χ4v) is 2.91. The highest BCUT2D eigenvalue weighted by atomic mass is 32.2. The number of carbonyl (C=O) groups is 1. The van der Waals surface area contributed by atoms with Crippen molar-refractivity contribution in [3.63, 3.8) is 0 Å². The summed E-state index contributed by atoms with van der Waals surface area (Å²) in [7, 11) is 0. The molecule has 0 aliphatic rings. The summed E-state index contributed by atoms with van der Waals surface area (Å²) in [6, 6.07) is 12.8. The van der Waals surface area contributed by atoms with Gasteiger partial charge in [0.05, 0.1) is 12.4 Å². The summed E-state index contributed by atoms with van der Waals surface area (Å²) in [4.78, 5) is 12.1. The lowest BCUT2D eigenvalue weighted by atomic mass is 10.3. The Kier molecular flexibility index (Phi) is 7.07. The van der Waals surface area contributed by atoms with Crippen LogP contribution in [0.3, 0.4) is 0 Å². The molecule has 0 aliphatic heterocycles. The molecule has 1 heterocycles. The summed E-state index contributed by atoms with van der Waals surface area (Å²) in [5, 5.41) is 10.9. The maximum atomic E-state index is 12.9. The predicted molar refractivity (Wildman–Crippen MR) is 107 cm³/mol. The van der Waals surface area contributed by atoms with Crippen molar-refractivity contribution in [1.82, 2.24) is 10.2 Å². The van der Waals surface area contributed by atoms with E-state index in [1.54, 1.807) is 31.2 Å². The Bertz CT molecular complexity index is 932. The van der Waals surface area contributed by atoms with E-state index in [1.807, 2.05) is 6.92 Å². The van der Waals surface area contributed by atoms with E-state index in [0.717, 1.165) is 17.5 Å². The molecule has 0 fully saturated rings. The summed E-state index contributed by atoms with van der Waals surface area (Å²) in [5.41, 5.74) is 0.673. The lowest BCUT2D eigenvalue weighted by Crippen LogP contribution is -2.13. The van der Waals surface area contributed by atoms with Gasteiger partial charge in [0.1, 0.15) is 17.3 Å². The molecule has 0 unspecified atom stereocenters. The lowest BCUT2D eigenvalue weighted by molar-refractivity contribution is -0.113. The Labute approximate surface area is 171 Å². The van der Waals surface area contributed by atoms with E-state index in [9.17, 15) is 9.18 Å². The average molecular weight is 417 g/mol. The fraction of sp³-hybridized carbons (Fsp3) is 0.250. The monoisotopic (exact) mass is 417 g/mol. The SMILES string of the molecule is CCOc1ccc(NC(=O)CSc2nnc([C@@H](C)Oc3ccc(F)cc3)o2)cc1. The van der Waals surface area contributed by atoms with Gasteiger partial charge < -0.3 is 19.2 Å². The van der Waals surface area contributed by atoms with Crippen LogP contribution in [0.4, 0.5) is 10.1 Å².